The monoisotopic (exact) mass is 199 g/mol. The molecule has 1 nitrogen and oxygen atoms in total. The number of aromatic nitrogens is 1. The molecule has 0 spiro atoms. The number of benzene rings is 1. The van der Waals surface area contributed by atoms with Gasteiger partial charge in [0.2, 0.25) is 0 Å². The minimum Gasteiger partial charge on any atom is -0.351 e. The second-order valence-corrected chi connectivity index (χ2v) is 3.87. The lowest BCUT2D eigenvalue weighted by atomic mass is 10.1. The van der Waals surface area contributed by atoms with E-state index in [2.05, 4.69) is 61.0 Å². The SMILES string of the molecule is CCCn1ccc(-c2ccccc2)c1C. The lowest BCUT2D eigenvalue weighted by Gasteiger charge is -2.05. The van der Waals surface area contributed by atoms with Gasteiger partial charge in [-0.3, -0.25) is 0 Å². The van der Waals surface area contributed by atoms with Gasteiger partial charge in [-0.25, -0.2) is 0 Å². The Morgan fingerprint density at radius 3 is 2.47 bits per heavy atom. The van der Waals surface area contributed by atoms with Crippen molar-refractivity contribution in [3.8, 4) is 11.1 Å². The molecule has 1 heterocycles. The fourth-order valence-corrected chi connectivity index (χ4v) is 1.96. The van der Waals surface area contributed by atoms with E-state index in [1.54, 1.807) is 0 Å². The highest BCUT2D eigenvalue weighted by atomic mass is 15.0. The predicted molar refractivity (Wildman–Crippen MR) is 64.9 cm³/mol. The average molecular weight is 199 g/mol. The predicted octanol–water partition coefficient (Wildman–Crippen LogP) is 3.87. The van der Waals surface area contributed by atoms with Gasteiger partial charge >= 0.3 is 0 Å². The summed E-state index contributed by atoms with van der Waals surface area (Å²) in [7, 11) is 0. The van der Waals surface area contributed by atoms with Crippen LogP contribution in [0.3, 0.4) is 0 Å². The van der Waals surface area contributed by atoms with Crippen LogP contribution in [0.2, 0.25) is 0 Å². The fourth-order valence-electron chi connectivity index (χ4n) is 1.96. The Bertz CT molecular complexity index is 426. The zero-order valence-electron chi connectivity index (χ0n) is 9.40. The zero-order valence-corrected chi connectivity index (χ0v) is 9.40. The van der Waals surface area contributed by atoms with Crippen LogP contribution in [-0.4, -0.2) is 4.57 Å². The second-order valence-electron chi connectivity index (χ2n) is 3.87. The van der Waals surface area contributed by atoms with Crippen LogP contribution in [0.4, 0.5) is 0 Å². The molecule has 0 radical (unpaired) electrons. The third-order valence-electron chi connectivity index (χ3n) is 2.79. The summed E-state index contributed by atoms with van der Waals surface area (Å²) in [6.07, 6.45) is 3.37. The summed E-state index contributed by atoms with van der Waals surface area (Å²) in [5.41, 5.74) is 4.02. The molecule has 1 heteroatoms. The summed E-state index contributed by atoms with van der Waals surface area (Å²) in [6, 6.07) is 12.8. The number of hydrogen-bond acceptors (Lipinski definition) is 0. The summed E-state index contributed by atoms with van der Waals surface area (Å²) >= 11 is 0. The molecule has 0 unspecified atom stereocenters. The Hall–Kier alpha value is -1.50. The van der Waals surface area contributed by atoms with Crippen molar-refractivity contribution in [1.82, 2.24) is 4.57 Å². The molecule has 0 aliphatic heterocycles. The van der Waals surface area contributed by atoms with Crippen molar-refractivity contribution in [2.45, 2.75) is 26.8 Å². The van der Waals surface area contributed by atoms with Gasteiger partial charge in [0, 0.05) is 24.0 Å². The van der Waals surface area contributed by atoms with Crippen LogP contribution < -0.4 is 0 Å². The molecule has 0 amide bonds. The molecule has 1 aromatic carbocycles. The van der Waals surface area contributed by atoms with Crippen LogP contribution in [-0.2, 0) is 6.54 Å². The first-order valence-corrected chi connectivity index (χ1v) is 5.54. The van der Waals surface area contributed by atoms with E-state index in [4.69, 9.17) is 0 Å². The molecule has 0 aliphatic carbocycles. The number of nitrogens with zero attached hydrogens (tertiary/aromatic N) is 1. The topological polar surface area (TPSA) is 4.93 Å². The molecule has 78 valence electrons. The van der Waals surface area contributed by atoms with Crippen LogP contribution in [0.25, 0.3) is 11.1 Å². The van der Waals surface area contributed by atoms with Crippen LogP contribution in [0.15, 0.2) is 42.6 Å². The van der Waals surface area contributed by atoms with Crippen LogP contribution in [0.1, 0.15) is 19.0 Å². The molecule has 0 aliphatic rings. The molecule has 0 N–H and O–H groups in total. The Kier molecular flexibility index (Phi) is 2.91. The smallest absolute Gasteiger partial charge is 0.0222 e. The normalized spacial score (nSPS) is 10.5. The van der Waals surface area contributed by atoms with E-state index in [-0.39, 0.29) is 0 Å². The molecule has 15 heavy (non-hydrogen) atoms. The van der Waals surface area contributed by atoms with Gasteiger partial charge in [0.15, 0.2) is 0 Å². The molecule has 0 saturated heterocycles. The van der Waals surface area contributed by atoms with E-state index in [1.807, 2.05) is 0 Å². The Morgan fingerprint density at radius 1 is 1.07 bits per heavy atom. The lowest BCUT2D eigenvalue weighted by Crippen LogP contribution is -1.97. The number of hydrogen-bond donors (Lipinski definition) is 0. The van der Waals surface area contributed by atoms with E-state index in [9.17, 15) is 0 Å². The Labute approximate surface area is 91.4 Å². The van der Waals surface area contributed by atoms with E-state index in [0.717, 1.165) is 6.54 Å². The van der Waals surface area contributed by atoms with Crippen LogP contribution in [0, 0.1) is 6.92 Å². The second kappa shape index (κ2) is 4.35. The highest BCUT2D eigenvalue weighted by molar-refractivity contribution is 5.66. The maximum Gasteiger partial charge on any atom is 0.0222 e. The summed E-state index contributed by atoms with van der Waals surface area (Å²) in [4.78, 5) is 0. The summed E-state index contributed by atoms with van der Waals surface area (Å²) in [5.74, 6) is 0. The summed E-state index contributed by atoms with van der Waals surface area (Å²) in [6.45, 7) is 5.51. The first-order valence-electron chi connectivity index (χ1n) is 5.54. The van der Waals surface area contributed by atoms with E-state index >= 15 is 0 Å². The van der Waals surface area contributed by atoms with Crippen molar-refractivity contribution in [2.24, 2.45) is 0 Å². The molecular weight excluding hydrogens is 182 g/mol. The molecular formula is C14H17N. The van der Waals surface area contributed by atoms with Gasteiger partial charge in [0.25, 0.3) is 0 Å². The van der Waals surface area contributed by atoms with Gasteiger partial charge in [-0.2, -0.15) is 0 Å². The zero-order chi connectivity index (χ0) is 10.7. The number of aryl methyl sites for hydroxylation is 1. The lowest BCUT2D eigenvalue weighted by molar-refractivity contribution is 0.666. The maximum atomic E-state index is 2.32. The van der Waals surface area contributed by atoms with Crippen molar-refractivity contribution in [3.05, 3.63) is 48.3 Å². The van der Waals surface area contributed by atoms with Gasteiger partial charge in [0.05, 0.1) is 0 Å². The largest absolute Gasteiger partial charge is 0.351 e. The Morgan fingerprint density at radius 2 is 1.80 bits per heavy atom. The van der Waals surface area contributed by atoms with Crippen molar-refractivity contribution in [2.75, 3.05) is 0 Å². The first kappa shape index (κ1) is 10.0. The van der Waals surface area contributed by atoms with Crippen molar-refractivity contribution in [1.29, 1.82) is 0 Å². The summed E-state index contributed by atoms with van der Waals surface area (Å²) in [5, 5.41) is 0. The van der Waals surface area contributed by atoms with Gasteiger partial charge in [-0.15, -0.1) is 0 Å². The van der Waals surface area contributed by atoms with Crippen LogP contribution >= 0.6 is 0 Å². The van der Waals surface area contributed by atoms with Crippen molar-refractivity contribution in [3.63, 3.8) is 0 Å². The third kappa shape index (κ3) is 1.96. The number of rotatable bonds is 3. The highest BCUT2D eigenvalue weighted by Gasteiger charge is 2.05. The molecule has 2 aromatic rings. The van der Waals surface area contributed by atoms with Crippen molar-refractivity contribution < 1.29 is 0 Å². The van der Waals surface area contributed by atoms with Gasteiger partial charge in [-0.1, -0.05) is 37.3 Å². The average Bonchev–Trinajstić information content (AvgIpc) is 2.63. The van der Waals surface area contributed by atoms with E-state index in [0.29, 0.717) is 0 Å². The third-order valence-corrected chi connectivity index (χ3v) is 2.79. The van der Waals surface area contributed by atoms with E-state index in [1.165, 1.54) is 23.2 Å². The van der Waals surface area contributed by atoms with Gasteiger partial charge in [0.1, 0.15) is 0 Å². The molecule has 0 fully saturated rings. The van der Waals surface area contributed by atoms with Crippen molar-refractivity contribution >= 4 is 0 Å². The highest BCUT2D eigenvalue weighted by Crippen LogP contribution is 2.23. The van der Waals surface area contributed by atoms with Gasteiger partial charge < -0.3 is 4.57 Å². The maximum absolute atomic E-state index is 2.32. The minimum absolute atomic E-state index is 1.11. The molecule has 2 rings (SSSR count). The molecule has 0 saturated carbocycles. The Balaban J connectivity index is 2.38. The standard InChI is InChI=1S/C14H17N/c1-3-10-15-11-9-14(12(15)2)13-7-5-4-6-8-13/h4-9,11H,3,10H2,1-2H3. The van der Waals surface area contributed by atoms with Crippen LogP contribution in [0.5, 0.6) is 0 Å². The molecule has 0 bridgehead atoms. The van der Waals surface area contributed by atoms with E-state index < -0.39 is 0 Å². The minimum atomic E-state index is 1.11. The summed E-state index contributed by atoms with van der Waals surface area (Å²) < 4.78 is 2.32. The fraction of sp³-hybridized carbons (Fsp3) is 0.286. The molecule has 0 atom stereocenters. The molecule has 1 aromatic heterocycles. The van der Waals surface area contributed by atoms with Gasteiger partial charge in [-0.05, 0) is 25.0 Å². The first-order chi connectivity index (χ1) is 7.33. The quantitative estimate of drug-likeness (QED) is 0.707.